The average molecular weight is 347 g/mol. The minimum atomic E-state index is -0.0732. The van der Waals surface area contributed by atoms with Crippen molar-refractivity contribution in [2.45, 2.75) is 44.8 Å². The molecule has 1 aliphatic carbocycles. The Morgan fingerprint density at radius 1 is 1.19 bits per heavy atom. The second-order valence-corrected chi connectivity index (χ2v) is 8.26. The molecule has 2 aromatic carbocycles. The third-order valence-corrected chi connectivity index (χ3v) is 6.63. The lowest BCUT2D eigenvalue weighted by Crippen LogP contribution is -2.49. The monoisotopic (exact) mass is 347 g/mol. The summed E-state index contributed by atoms with van der Waals surface area (Å²) < 4.78 is 6.10. The van der Waals surface area contributed by atoms with Crippen molar-refractivity contribution >= 4 is 5.91 Å². The van der Waals surface area contributed by atoms with Gasteiger partial charge in [-0.15, -0.1) is 0 Å². The second kappa shape index (κ2) is 5.87. The molecule has 2 heterocycles. The number of ether oxygens (including phenoxy) is 1. The number of fused-ring (bicyclic) bond motifs is 1. The molecule has 3 heteroatoms. The Kier molecular flexibility index (Phi) is 3.59. The summed E-state index contributed by atoms with van der Waals surface area (Å²) in [4.78, 5) is 14.8. The lowest BCUT2D eigenvalue weighted by molar-refractivity contribution is -0.132. The summed E-state index contributed by atoms with van der Waals surface area (Å²) >= 11 is 0. The lowest BCUT2D eigenvalue weighted by Gasteiger charge is -2.44. The zero-order valence-electron chi connectivity index (χ0n) is 15.3. The predicted molar refractivity (Wildman–Crippen MR) is 101 cm³/mol. The molecule has 1 amide bonds. The topological polar surface area (TPSA) is 29.5 Å². The lowest BCUT2D eigenvalue weighted by atomic mass is 9.76. The van der Waals surface area contributed by atoms with Crippen LogP contribution in [-0.4, -0.2) is 17.4 Å². The number of carbonyl (C=O) groups is 1. The molecular formula is C23H25NO2. The van der Waals surface area contributed by atoms with Crippen molar-refractivity contribution in [3.05, 3.63) is 65.2 Å². The van der Waals surface area contributed by atoms with Gasteiger partial charge in [-0.1, -0.05) is 43.3 Å². The first-order valence-corrected chi connectivity index (χ1v) is 9.77. The number of amides is 1. The molecule has 3 atom stereocenters. The average Bonchev–Trinajstić information content (AvgIpc) is 3.10. The van der Waals surface area contributed by atoms with Crippen LogP contribution in [0, 0.1) is 11.8 Å². The van der Waals surface area contributed by atoms with Gasteiger partial charge in [0.05, 0.1) is 5.54 Å². The Morgan fingerprint density at radius 2 is 2.04 bits per heavy atom. The number of nitrogens with zero attached hydrogens (tertiary/aromatic N) is 1. The van der Waals surface area contributed by atoms with E-state index in [2.05, 4.69) is 42.2 Å². The van der Waals surface area contributed by atoms with Crippen LogP contribution in [0.3, 0.4) is 0 Å². The van der Waals surface area contributed by atoms with E-state index in [0.717, 1.165) is 38.0 Å². The summed E-state index contributed by atoms with van der Waals surface area (Å²) in [7, 11) is 0. The van der Waals surface area contributed by atoms with E-state index < -0.39 is 0 Å². The molecule has 3 nitrogen and oxygen atoms in total. The zero-order valence-corrected chi connectivity index (χ0v) is 15.3. The van der Waals surface area contributed by atoms with Gasteiger partial charge >= 0.3 is 0 Å². The van der Waals surface area contributed by atoms with Gasteiger partial charge in [-0.05, 0) is 59.9 Å². The van der Waals surface area contributed by atoms with Crippen LogP contribution >= 0.6 is 0 Å². The summed E-state index contributed by atoms with van der Waals surface area (Å²) in [5.74, 6) is 2.41. The van der Waals surface area contributed by atoms with Crippen LogP contribution < -0.4 is 4.74 Å². The third-order valence-electron chi connectivity index (χ3n) is 6.63. The molecule has 0 radical (unpaired) electrons. The summed E-state index contributed by atoms with van der Waals surface area (Å²) in [6, 6.07) is 16.8. The molecule has 0 bridgehead atoms. The van der Waals surface area contributed by atoms with Crippen LogP contribution in [0.5, 0.6) is 5.75 Å². The van der Waals surface area contributed by atoms with Gasteiger partial charge in [-0.3, -0.25) is 4.79 Å². The highest BCUT2D eigenvalue weighted by Gasteiger charge is 2.59. The van der Waals surface area contributed by atoms with Crippen LogP contribution in [0.4, 0.5) is 0 Å². The Bertz CT molecular complexity index is 847. The van der Waals surface area contributed by atoms with Crippen LogP contribution in [0.25, 0.3) is 0 Å². The molecule has 1 saturated carbocycles. The Balaban J connectivity index is 1.50. The SMILES string of the molecule is C[C@@H]1CC2CC(=O)N3CCc4ccc(OCc5ccccc5)cc4[C@@]23C1. The summed E-state index contributed by atoms with van der Waals surface area (Å²) in [5.41, 5.74) is 3.86. The molecule has 0 aromatic heterocycles. The molecule has 2 fully saturated rings. The number of benzene rings is 2. The largest absolute Gasteiger partial charge is 0.489 e. The van der Waals surface area contributed by atoms with E-state index in [9.17, 15) is 4.79 Å². The molecule has 1 spiro atoms. The van der Waals surface area contributed by atoms with Crippen LogP contribution in [0.15, 0.2) is 48.5 Å². The Hall–Kier alpha value is -2.29. The molecule has 1 unspecified atom stereocenters. The fourth-order valence-corrected chi connectivity index (χ4v) is 5.63. The minimum Gasteiger partial charge on any atom is -0.489 e. The van der Waals surface area contributed by atoms with Gasteiger partial charge in [0.2, 0.25) is 5.91 Å². The van der Waals surface area contributed by atoms with Crippen molar-refractivity contribution in [3.63, 3.8) is 0 Å². The van der Waals surface area contributed by atoms with Crippen LogP contribution in [-0.2, 0) is 23.4 Å². The van der Waals surface area contributed by atoms with E-state index in [0.29, 0.717) is 24.3 Å². The highest BCUT2D eigenvalue weighted by molar-refractivity contribution is 5.82. The van der Waals surface area contributed by atoms with E-state index in [-0.39, 0.29) is 5.54 Å². The molecule has 1 saturated heterocycles. The van der Waals surface area contributed by atoms with Crippen LogP contribution in [0.1, 0.15) is 42.9 Å². The summed E-state index contributed by atoms with van der Waals surface area (Å²) in [5, 5.41) is 0. The van der Waals surface area contributed by atoms with Crippen molar-refractivity contribution in [3.8, 4) is 5.75 Å². The number of hydrogen-bond acceptors (Lipinski definition) is 2. The fourth-order valence-electron chi connectivity index (χ4n) is 5.63. The first kappa shape index (κ1) is 15.9. The molecule has 134 valence electrons. The quantitative estimate of drug-likeness (QED) is 0.829. The van der Waals surface area contributed by atoms with E-state index in [1.165, 1.54) is 16.7 Å². The molecule has 26 heavy (non-hydrogen) atoms. The van der Waals surface area contributed by atoms with E-state index >= 15 is 0 Å². The van der Waals surface area contributed by atoms with Crippen molar-refractivity contribution in [2.75, 3.05) is 6.54 Å². The maximum Gasteiger partial charge on any atom is 0.223 e. The van der Waals surface area contributed by atoms with Crippen molar-refractivity contribution in [2.24, 2.45) is 11.8 Å². The predicted octanol–water partition coefficient (Wildman–Crippen LogP) is 4.30. The van der Waals surface area contributed by atoms with Crippen molar-refractivity contribution in [1.82, 2.24) is 4.90 Å². The van der Waals surface area contributed by atoms with E-state index in [1.54, 1.807) is 0 Å². The third kappa shape index (κ3) is 2.29. The second-order valence-electron chi connectivity index (χ2n) is 8.26. The highest BCUT2D eigenvalue weighted by atomic mass is 16.5. The van der Waals surface area contributed by atoms with Gasteiger partial charge in [0.15, 0.2) is 0 Å². The van der Waals surface area contributed by atoms with Gasteiger partial charge in [-0.25, -0.2) is 0 Å². The number of hydrogen-bond donors (Lipinski definition) is 0. The molecule has 3 aliphatic rings. The molecule has 5 rings (SSSR count). The summed E-state index contributed by atoms with van der Waals surface area (Å²) in [6.45, 7) is 3.79. The molecule has 2 aromatic rings. The van der Waals surface area contributed by atoms with Crippen molar-refractivity contribution in [1.29, 1.82) is 0 Å². The first-order valence-electron chi connectivity index (χ1n) is 9.77. The van der Waals surface area contributed by atoms with Gasteiger partial charge in [0.25, 0.3) is 0 Å². The van der Waals surface area contributed by atoms with Crippen molar-refractivity contribution < 1.29 is 9.53 Å². The van der Waals surface area contributed by atoms with E-state index in [4.69, 9.17) is 4.74 Å². The normalized spacial score (nSPS) is 29.3. The Morgan fingerprint density at radius 3 is 2.88 bits per heavy atom. The maximum absolute atomic E-state index is 12.6. The summed E-state index contributed by atoms with van der Waals surface area (Å²) in [6.07, 6.45) is 3.94. The molecular weight excluding hydrogens is 322 g/mol. The standard InChI is InChI=1S/C23H25NO2/c1-16-11-19-12-22(25)24-10-9-18-7-8-20(13-21(18)23(19,24)14-16)26-15-17-5-3-2-4-6-17/h2-8,13,16,19H,9-12,14-15H2,1H3/t16-,19?,23-/m1/s1. The highest BCUT2D eigenvalue weighted by Crippen LogP contribution is 2.58. The van der Waals surface area contributed by atoms with Gasteiger partial charge < -0.3 is 9.64 Å². The first-order chi connectivity index (χ1) is 12.7. The number of carbonyl (C=O) groups excluding carboxylic acids is 1. The van der Waals surface area contributed by atoms with Crippen LogP contribution in [0.2, 0.25) is 0 Å². The van der Waals surface area contributed by atoms with Gasteiger partial charge in [-0.2, -0.15) is 0 Å². The maximum atomic E-state index is 12.6. The fraction of sp³-hybridized carbons (Fsp3) is 0.435. The van der Waals surface area contributed by atoms with Gasteiger partial charge in [0.1, 0.15) is 12.4 Å². The molecule has 2 aliphatic heterocycles. The zero-order chi connectivity index (χ0) is 17.7. The molecule has 0 N–H and O–H groups in total. The minimum absolute atomic E-state index is 0.0732. The van der Waals surface area contributed by atoms with E-state index in [1.807, 2.05) is 18.2 Å². The number of rotatable bonds is 3. The Labute approximate surface area is 155 Å². The smallest absolute Gasteiger partial charge is 0.223 e. The van der Waals surface area contributed by atoms with Gasteiger partial charge in [0, 0.05) is 13.0 Å².